The number of hydrogen-bond acceptors (Lipinski definition) is 4. The normalized spacial score (nSPS) is 18.7. The van der Waals surface area contributed by atoms with Crippen LogP contribution in [-0.4, -0.2) is 39.9 Å². The van der Waals surface area contributed by atoms with Gasteiger partial charge in [-0.25, -0.2) is 18.7 Å². The lowest BCUT2D eigenvalue weighted by Gasteiger charge is -2.35. The fourth-order valence-electron chi connectivity index (χ4n) is 4.05. The number of carbonyl (C=O) groups excluding carboxylic acids is 1. The summed E-state index contributed by atoms with van der Waals surface area (Å²) in [4.78, 5) is 23.6. The summed E-state index contributed by atoms with van der Waals surface area (Å²) in [6, 6.07) is 3.18. The fourth-order valence-corrected chi connectivity index (χ4v) is 4.05. The molecule has 2 aromatic rings. The molecule has 1 aliphatic heterocycles. The number of aryl methyl sites for hydroxylation is 1. The van der Waals surface area contributed by atoms with Gasteiger partial charge >= 0.3 is 0 Å². The summed E-state index contributed by atoms with van der Waals surface area (Å²) in [6.07, 6.45) is 5.68. The summed E-state index contributed by atoms with van der Waals surface area (Å²) in [5.74, 6) is 0.523. The molecule has 0 spiro atoms. The first-order valence-corrected chi connectivity index (χ1v) is 10.2. The minimum Gasteiger partial charge on any atom is -0.339 e. The van der Waals surface area contributed by atoms with Crippen molar-refractivity contribution >= 4 is 5.91 Å². The molecule has 154 valence electrons. The van der Waals surface area contributed by atoms with Crippen LogP contribution in [0.4, 0.5) is 8.78 Å². The average molecular weight is 400 g/mol. The smallest absolute Gasteiger partial charge is 0.257 e. The number of carbonyl (C=O) groups is 1. The Kier molecular flexibility index (Phi) is 5.58. The van der Waals surface area contributed by atoms with Crippen LogP contribution in [0.15, 0.2) is 24.4 Å². The van der Waals surface area contributed by atoms with Crippen molar-refractivity contribution < 1.29 is 13.6 Å². The molecular weight excluding hydrogens is 374 g/mol. The van der Waals surface area contributed by atoms with Crippen LogP contribution in [0.25, 0.3) is 0 Å². The Labute approximate surface area is 169 Å². The first-order valence-electron chi connectivity index (χ1n) is 10.2. The fraction of sp³-hybridized carbons (Fsp3) is 0.500. The zero-order valence-corrected chi connectivity index (χ0v) is 16.6. The molecule has 1 atom stereocenters. The molecule has 1 aromatic carbocycles. The van der Waals surface area contributed by atoms with Gasteiger partial charge in [-0.15, -0.1) is 0 Å². The lowest BCUT2D eigenvalue weighted by atomic mass is 9.86. The number of benzene rings is 1. The Bertz CT molecular complexity index is 908. The van der Waals surface area contributed by atoms with Crippen LogP contribution < -0.4 is 5.73 Å². The van der Waals surface area contributed by atoms with Crippen molar-refractivity contribution in [2.24, 2.45) is 11.7 Å². The third kappa shape index (κ3) is 4.45. The molecule has 7 heteroatoms. The van der Waals surface area contributed by atoms with Gasteiger partial charge in [-0.1, -0.05) is 0 Å². The number of nitrogens with zero attached hydrogens (tertiary/aromatic N) is 3. The second-order valence-electron chi connectivity index (χ2n) is 8.23. The maximum absolute atomic E-state index is 13.9. The minimum absolute atomic E-state index is 0.0481. The predicted octanol–water partition coefficient (Wildman–Crippen LogP) is 3.36. The first-order chi connectivity index (χ1) is 13.9. The summed E-state index contributed by atoms with van der Waals surface area (Å²) in [7, 11) is 0. The van der Waals surface area contributed by atoms with Gasteiger partial charge in [0, 0.05) is 31.2 Å². The minimum atomic E-state index is -0.459. The lowest BCUT2D eigenvalue weighted by molar-refractivity contribution is 0.0676. The lowest BCUT2D eigenvalue weighted by Crippen LogP contribution is -2.44. The van der Waals surface area contributed by atoms with Crippen LogP contribution in [0.5, 0.6) is 0 Å². The molecule has 1 aliphatic carbocycles. The summed E-state index contributed by atoms with van der Waals surface area (Å²) in [5.41, 5.74) is 7.88. The van der Waals surface area contributed by atoms with Crippen molar-refractivity contribution in [3.8, 4) is 0 Å². The van der Waals surface area contributed by atoms with Gasteiger partial charge in [-0.2, -0.15) is 0 Å². The van der Waals surface area contributed by atoms with Gasteiger partial charge in [-0.05, 0) is 68.7 Å². The highest BCUT2D eigenvalue weighted by Crippen LogP contribution is 2.38. The van der Waals surface area contributed by atoms with Crippen LogP contribution in [0, 0.1) is 24.5 Å². The first kappa shape index (κ1) is 19.9. The molecule has 2 N–H and O–H groups in total. The summed E-state index contributed by atoms with van der Waals surface area (Å²) < 4.78 is 27.3. The van der Waals surface area contributed by atoms with E-state index >= 15 is 0 Å². The zero-order chi connectivity index (χ0) is 20.5. The number of aromatic nitrogens is 2. The Hall–Kier alpha value is -2.41. The van der Waals surface area contributed by atoms with E-state index in [1.165, 1.54) is 6.07 Å². The van der Waals surface area contributed by atoms with Gasteiger partial charge in [0.1, 0.15) is 17.5 Å². The number of nitrogens with two attached hydrogens (primary N) is 1. The maximum atomic E-state index is 13.9. The molecule has 1 saturated carbocycles. The van der Waals surface area contributed by atoms with E-state index in [0.717, 1.165) is 49.3 Å². The highest BCUT2D eigenvalue weighted by atomic mass is 19.1. The third-order valence-corrected chi connectivity index (χ3v) is 6.07. The quantitative estimate of drug-likeness (QED) is 0.835. The van der Waals surface area contributed by atoms with Gasteiger partial charge in [0.15, 0.2) is 0 Å². The zero-order valence-electron chi connectivity index (χ0n) is 16.6. The van der Waals surface area contributed by atoms with E-state index in [4.69, 9.17) is 5.73 Å². The van der Waals surface area contributed by atoms with Crippen molar-refractivity contribution in [1.29, 1.82) is 0 Å². The highest BCUT2D eigenvalue weighted by Gasteiger charge is 2.30. The van der Waals surface area contributed by atoms with E-state index in [9.17, 15) is 13.6 Å². The number of piperidine rings is 1. The molecule has 0 unspecified atom stereocenters. The van der Waals surface area contributed by atoms with E-state index in [1.807, 2.05) is 11.8 Å². The van der Waals surface area contributed by atoms with Gasteiger partial charge in [0.05, 0.1) is 11.3 Å². The SMILES string of the molecule is Cc1nc(C2CC2)ncc1C(=O)N1CCC([C@H](N)Cc2cc(F)ccc2F)CC1. The molecule has 0 radical (unpaired) electrons. The Morgan fingerprint density at radius 2 is 1.97 bits per heavy atom. The third-order valence-electron chi connectivity index (χ3n) is 6.07. The Morgan fingerprint density at radius 1 is 1.24 bits per heavy atom. The second-order valence-corrected chi connectivity index (χ2v) is 8.23. The van der Waals surface area contributed by atoms with Gasteiger partial charge < -0.3 is 10.6 Å². The maximum Gasteiger partial charge on any atom is 0.257 e. The number of likely N-dealkylation sites (tertiary alicyclic amines) is 1. The van der Waals surface area contributed by atoms with Crippen molar-refractivity contribution in [3.63, 3.8) is 0 Å². The summed E-state index contributed by atoms with van der Waals surface area (Å²) >= 11 is 0. The number of hydrogen-bond donors (Lipinski definition) is 1. The van der Waals surface area contributed by atoms with E-state index in [1.54, 1.807) is 6.20 Å². The predicted molar refractivity (Wildman–Crippen MR) is 105 cm³/mol. The summed E-state index contributed by atoms with van der Waals surface area (Å²) in [6.45, 7) is 3.04. The molecule has 1 saturated heterocycles. The van der Waals surface area contributed by atoms with Crippen LogP contribution in [-0.2, 0) is 6.42 Å². The van der Waals surface area contributed by atoms with Crippen LogP contribution in [0.3, 0.4) is 0 Å². The summed E-state index contributed by atoms with van der Waals surface area (Å²) in [5, 5.41) is 0. The molecule has 0 bridgehead atoms. The Balaban J connectivity index is 1.35. The molecule has 4 rings (SSSR count). The second kappa shape index (κ2) is 8.14. The van der Waals surface area contributed by atoms with Crippen LogP contribution in [0.2, 0.25) is 0 Å². The van der Waals surface area contributed by atoms with Crippen molar-refractivity contribution in [2.75, 3.05) is 13.1 Å². The van der Waals surface area contributed by atoms with Gasteiger partial charge in [0.25, 0.3) is 5.91 Å². The molecule has 1 aromatic heterocycles. The number of rotatable bonds is 5. The van der Waals surface area contributed by atoms with Crippen molar-refractivity contribution in [3.05, 3.63) is 58.7 Å². The average Bonchev–Trinajstić information content (AvgIpc) is 3.55. The largest absolute Gasteiger partial charge is 0.339 e. The van der Waals surface area contributed by atoms with E-state index < -0.39 is 11.6 Å². The van der Waals surface area contributed by atoms with E-state index in [0.29, 0.717) is 30.1 Å². The van der Waals surface area contributed by atoms with Gasteiger partial charge in [-0.3, -0.25) is 4.79 Å². The number of halogens is 2. The van der Waals surface area contributed by atoms with Crippen molar-refractivity contribution in [1.82, 2.24) is 14.9 Å². The van der Waals surface area contributed by atoms with Gasteiger partial charge in [0.2, 0.25) is 0 Å². The molecular formula is C22H26F2N4O. The topological polar surface area (TPSA) is 72.1 Å². The monoisotopic (exact) mass is 400 g/mol. The Morgan fingerprint density at radius 3 is 2.62 bits per heavy atom. The molecule has 2 heterocycles. The molecule has 29 heavy (non-hydrogen) atoms. The highest BCUT2D eigenvalue weighted by molar-refractivity contribution is 5.95. The van der Waals surface area contributed by atoms with Crippen LogP contribution >= 0.6 is 0 Å². The molecule has 2 fully saturated rings. The molecule has 1 amide bonds. The van der Waals surface area contributed by atoms with Crippen LogP contribution in [0.1, 0.15) is 59.0 Å². The van der Waals surface area contributed by atoms with E-state index in [-0.39, 0.29) is 24.3 Å². The van der Waals surface area contributed by atoms with E-state index in [2.05, 4.69) is 9.97 Å². The number of amides is 1. The van der Waals surface area contributed by atoms with Crippen molar-refractivity contribution in [2.45, 2.75) is 51.0 Å². The molecule has 2 aliphatic rings. The standard InChI is InChI=1S/C22H26F2N4O/c1-13-18(12-26-21(27-13)15-2-3-15)22(29)28-8-6-14(7-9-28)20(25)11-16-10-17(23)4-5-19(16)24/h4-5,10,12,14-15,20H,2-3,6-9,11,25H2,1H3/t20-/m1/s1. The molecule has 5 nitrogen and oxygen atoms in total.